The predicted octanol–water partition coefficient (Wildman–Crippen LogP) is 4.20. The number of nitrogens with one attached hydrogen (secondary N) is 1. The number of esters is 1. The van der Waals surface area contributed by atoms with Gasteiger partial charge in [-0.2, -0.15) is 0 Å². The summed E-state index contributed by atoms with van der Waals surface area (Å²) in [6.07, 6.45) is 0. The third-order valence-electron chi connectivity index (χ3n) is 4.83. The number of hydrogen-bond acceptors (Lipinski definition) is 4. The van der Waals surface area contributed by atoms with Gasteiger partial charge in [0, 0.05) is 0 Å². The average Bonchev–Trinajstić information content (AvgIpc) is 2.67. The van der Waals surface area contributed by atoms with Gasteiger partial charge in [-0.1, -0.05) is 42.5 Å². The molecule has 0 saturated carbocycles. The van der Waals surface area contributed by atoms with E-state index in [4.69, 9.17) is 4.74 Å². The number of carbonyl (C=O) groups is 2. The number of carbonyl (C=O) groups excluding carboxylic acids is 2. The lowest BCUT2D eigenvalue weighted by Gasteiger charge is -2.16. The Labute approximate surface area is 164 Å². The van der Waals surface area contributed by atoms with Gasteiger partial charge in [-0.25, -0.2) is 4.79 Å². The maximum atomic E-state index is 12.3. The molecule has 1 atom stereocenters. The second-order valence-corrected chi connectivity index (χ2v) is 6.93. The Morgan fingerprint density at radius 3 is 2.36 bits per heavy atom. The third-order valence-corrected chi connectivity index (χ3v) is 4.83. The van der Waals surface area contributed by atoms with Crippen LogP contribution in [0.5, 0.6) is 5.75 Å². The van der Waals surface area contributed by atoms with Gasteiger partial charge >= 0.3 is 5.97 Å². The summed E-state index contributed by atoms with van der Waals surface area (Å²) in [4.78, 5) is 24.5. The van der Waals surface area contributed by atoms with Crippen LogP contribution >= 0.6 is 0 Å². The fourth-order valence-electron chi connectivity index (χ4n) is 3.00. The molecule has 0 aliphatic rings. The molecule has 0 aromatic heterocycles. The Morgan fingerprint density at radius 1 is 1.00 bits per heavy atom. The number of hydrogen-bond donors (Lipinski definition) is 2. The average molecular weight is 377 g/mol. The van der Waals surface area contributed by atoms with E-state index in [-0.39, 0.29) is 17.4 Å². The summed E-state index contributed by atoms with van der Waals surface area (Å²) in [6, 6.07) is 16.2. The lowest BCUT2D eigenvalue weighted by atomic mass is 10.0. The van der Waals surface area contributed by atoms with Crippen LogP contribution in [-0.2, 0) is 9.53 Å². The normalized spacial score (nSPS) is 11.8. The molecule has 0 aliphatic heterocycles. The molecule has 0 aliphatic carbocycles. The molecule has 5 nitrogen and oxygen atoms in total. The largest absolute Gasteiger partial charge is 0.507 e. The Bertz CT molecular complexity index is 1040. The van der Waals surface area contributed by atoms with Crippen molar-refractivity contribution in [2.75, 3.05) is 6.61 Å². The van der Waals surface area contributed by atoms with Crippen molar-refractivity contribution >= 4 is 22.6 Å². The zero-order valence-electron chi connectivity index (χ0n) is 16.2. The molecule has 1 amide bonds. The summed E-state index contributed by atoms with van der Waals surface area (Å²) in [6.45, 7) is 5.51. The molecule has 3 aromatic carbocycles. The van der Waals surface area contributed by atoms with Gasteiger partial charge in [0.25, 0.3) is 5.91 Å². The Balaban J connectivity index is 1.61. The van der Waals surface area contributed by atoms with Crippen molar-refractivity contribution in [1.29, 1.82) is 0 Å². The number of aryl methyl sites for hydroxylation is 2. The number of ether oxygens (including phenoxy) is 1. The van der Waals surface area contributed by atoms with Gasteiger partial charge in [0.1, 0.15) is 11.3 Å². The van der Waals surface area contributed by atoms with Gasteiger partial charge in [0.2, 0.25) is 0 Å². The zero-order chi connectivity index (χ0) is 20.3. The lowest BCUT2D eigenvalue weighted by Crippen LogP contribution is -2.31. The Morgan fingerprint density at radius 2 is 1.68 bits per heavy atom. The second kappa shape index (κ2) is 8.13. The summed E-state index contributed by atoms with van der Waals surface area (Å²) >= 11 is 0. The summed E-state index contributed by atoms with van der Waals surface area (Å²) in [7, 11) is 0. The van der Waals surface area contributed by atoms with Crippen LogP contribution in [-0.4, -0.2) is 23.6 Å². The number of amides is 1. The standard InChI is InChI=1S/C23H23NO4/c1-14-8-9-17(10-15(14)2)16(3)24-22(26)13-28-23(27)20-11-18-6-4-5-7-19(18)12-21(20)25/h4-12,16,25H,13H2,1-3H3,(H,24,26)/t16-/m0/s1. The number of phenols is 1. The summed E-state index contributed by atoms with van der Waals surface area (Å²) < 4.78 is 5.09. The highest BCUT2D eigenvalue weighted by Crippen LogP contribution is 2.25. The van der Waals surface area contributed by atoms with Crippen LogP contribution in [0.4, 0.5) is 0 Å². The third kappa shape index (κ3) is 4.31. The predicted molar refractivity (Wildman–Crippen MR) is 108 cm³/mol. The van der Waals surface area contributed by atoms with Gasteiger partial charge < -0.3 is 15.2 Å². The highest BCUT2D eigenvalue weighted by molar-refractivity contribution is 5.99. The fourth-order valence-corrected chi connectivity index (χ4v) is 3.00. The smallest absolute Gasteiger partial charge is 0.342 e. The molecule has 0 spiro atoms. The van der Waals surface area contributed by atoms with E-state index in [2.05, 4.69) is 5.32 Å². The molecule has 5 heteroatoms. The maximum absolute atomic E-state index is 12.3. The van der Waals surface area contributed by atoms with E-state index in [0.717, 1.165) is 21.9 Å². The van der Waals surface area contributed by atoms with Crippen LogP contribution in [0.2, 0.25) is 0 Å². The molecular weight excluding hydrogens is 354 g/mol. The van der Waals surface area contributed by atoms with E-state index in [1.165, 1.54) is 11.6 Å². The van der Waals surface area contributed by atoms with Crippen molar-refractivity contribution in [2.45, 2.75) is 26.8 Å². The maximum Gasteiger partial charge on any atom is 0.342 e. The monoisotopic (exact) mass is 377 g/mol. The summed E-state index contributed by atoms with van der Waals surface area (Å²) in [5.74, 6) is -1.32. The first-order valence-electron chi connectivity index (χ1n) is 9.10. The van der Waals surface area contributed by atoms with E-state index >= 15 is 0 Å². The van der Waals surface area contributed by atoms with Crippen LogP contribution in [0.3, 0.4) is 0 Å². The van der Waals surface area contributed by atoms with E-state index in [1.54, 1.807) is 6.07 Å². The number of fused-ring (bicyclic) bond motifs is 1. The first-order valence-corrected chi connectivity index (χ1v) is 9.10. The minimum absolute atomic E-state index is 0.0358. The van der Waals surface area contributed by atoms with Crippen molar-refractivity contribution in [2.24, 2.45) is 0 Å². The number of rotatable bonds is 5. The highest BCUT2D eigenvalue weighted by Gasteiger charge is 2.17. The van der Waals surface area contributed by atoms with Crippen molar-refractivity contribution in [3.63, 3.8) is 0 Å². The topological polar surface area (TPSA) is 75.6 Å². The van der Waals surface area contributed by atoms with Crippen molar-refractivity contribution < 1.29 is 19.4 Å². The Hall–Kier alpha value is -3.34. The molecule has 0 unspecified atom stereocenters. The zero-order valence-corrected chi connectivity index (χ0v) is 16.2. The fraction of sp³-hybridized carbons (Fsp3) is 0.217. The number of aromatic hydroxyl groups is 1. The van der Waals surface area contributed by atoms with Gasteiger partial charge in [-0.05, 0) is 60.4 Å². The van der Waals surface area contributed by atoms with Crippen molar-refractivity contribution in [3.8, 4) is 5.75 Å². The minimum atomic E-state index is -0.739. The second-order valence-electron chi connectivity index (χ2n) is 6.93. The SMILES string of the molecule is Cc1ccc([C@H](C)NC(=O)COC(=O)c2cc3ccccc3cc2O)cc1C. The molecule has 0 fully saturated rings. The van der Waals surface area contributed by atoms with Crippen LogP contribution in [0, 0.1) is 13.8 Å². The first kappa shape index (κ1) is 19.4. The van der Waals surface area contributed by atoms with Gasteiger partial charge in [0.15, 0.2) is 6.61 Å². The summed E-state index contributed by atoms with van der Waals surface area (Å²) in [5, 5.41) is 14.5. The quantitative estimate of drug-likeness (QED) is 0.654. The molecular formula is C23H23NO4. The lowest BCUT2D eigenvalue weighted by molar-refractivity contribution is -0.124. The molecule has 3 rings (SSSR count). The number of phenolic OH excluding ortho intramolecular Hbond substituents is 1. The molecule has 0 bridgehead atoms. The first-order chi connectivity index (χ1) is 13.3. The van der Waals surface area contributed by atoms with Crippen LogP contribution in [0.25, 0.3) is 10.8 Å². The molecule has 3 aromatic rings. The van der Waals surface area contributed by atoms with Gasteiger partial charge in [-0.3, -0.25) is 4.79 Å². The van der Waals surface area contributed by atoms with Crippen LogP contribution < -0.4 is 5.32 Å². The van der Waals surface area contributed by atoms with E-state index in [1.807, 2.05) is 63.2 Å². The molecule has 144 valence electrons. The van der Waals surface area contributed by atoms with Gasteiger partial charge in [0.05, 0.1) is 6.04 Å². The van der Waals surface area contributed by atoms with Crippen molar-refractivity contribution in [3.05, 3.63) is 76.9 Å². The van der Waals surface area contributed by atoms with E-state index in [0.29, 0.717) is 0 Å². The number of benzene rings is 3. The highest BCUT2D eigenvalue weighted by atomic mass is 16.5. The van der Waals surface area contributed by atoms with Crippen LogP contribution in [0.1, 0.15) is 40.0 Å². The Kier molecular flexibility index (Phi) is 5.64. The van der Waals surface area contributed by atoms with Crippen LogP contribution in [0.15, 0.2) is 54.6 Å². The van der Waals surface area contributed by atoms with E-state index < -0.39 is 18.5 Å². The molecule has 0 heterocycles. The molecule has 0 saturated heterocycles. The molecule has 2 N–H and O–H groups in total. The van der Waals surface area contributed by atoms with Gasteiger partial charge in [-0.15, -0.1) is 0 Å². The summed E-state index contributed by atoms with van der Waals surface area (Å²) in [5.41, 5.74) is 3.35. The molecule has 28 heavy (non-hydrogen) atoms. The molecule has 0 radical (unpaired) electrons. The van der Waals surface area contributed by atoms with E-state index in [9.17, 15) is 14.7 Å². The minimum Gasteiger partial charge on any atom is -0.507 e. The van der Waals surface area contributed by atoms with Crippen molar-refractivity contribution in [1.82, 2.24) is 5.32 Å².